The van der Waals surface area contributed by atoms with Crippen LogP contribution in [0.4, 0.5) is 5.13 Å². The number of aromatic nitrogens is 1. The van der Waals surface area contributed by atoms with Crippen LogP contribution in [0.1, 0.15) is 43.1 Å². The van der Waals surface area contributed by atoms with E-state index in [0.29, 0.717) is 18.0 Å². The van der Waals surface area contributed by atoms with Gasteiger partial charge >= 0.3 is 0 Å². The molecule has 0 radical (unpaired) electrons. The lowest BCUT2D eigenvalue weighted by Crippen LogP contribution is -2.27. The lowest BCUT2D eigenvalue weighted by atomic mass is 10.1. The number of thiazole rings is 1. The second-order valence-electron chi connectivity index (χ2n) is 7.94. The number of nitrogens with zero attached hydrogens (tertiary/aromatic N) is 2. The Hall–Kier alpha value is -2.86. The number of benzene rings is 2. The first kappa shape index (κ1) is 22.8. The molecule has 0 fully saturated rings. The molecule has 3 rings (SSSR count). The number of para-hydroxylation sites is 1. The third-order valence-electron chi connectivity index (χ3n) is 4.90. The average Bonchev–Trinajstić information content (AvgIpc) is 3.27. The normalized spacial score (nSPS) is 10.9. The molecule has 1 amide bonds. The SMILES string of the molecule is CCCN(Cc1ccc(C(=O)NCC(C)C)cc1)c1nc(-c2ccccc2OC)cs1. The molecule has 0 unspecified atom stereocenters. The van der Waals surface area contributed by atoms with Crippen LogP contribution in [0.15, 0.2) is 53.9 Å². The molecule has 0 aliphatic carbocycles. The highest BCUT2D eigenvalue weighted by atomic mass is 32.1. The first-order chi connectivity index (χ1) is 15.0. The highest BCUT2D eigenvalue weighted by Gasteiger charge is 2.15. The van der Waals surface area contributed by atoms with E-state index >= 15 is 0 Å². The first-order valence-corrected chi connectivity index (χ1v) is 11.6. The van der Waals surface area contributed by atoms with Gasteiger partial charge in [-0.25, -0.2) is 4.98 Å². The molecule has 3 aromatic rings. The molecule has 1 N–H and O–H groups in total. The quantitative estimate of drug-likeness (QED) is 0.447. The summed E-state index contributed by atoms with van der Waals surface area (Å²) in [5.74, 6) is 1.24. The van der Waals surface area contributed by atoms with Gasteiger partial charge in [0.05, 0.1) is 12.8 Å². The van der Waals surface area contributed by atoms with Crippen LogP contribution >= 0.6 is 11.3 Å². The molecule has 0 atom stereocenters. The van der Waals surface area contributed by atoms with Gasteiger partial charge in [0.1, 0.15) is 5.75 Å². The maximum atomic E-state index is 12.3. The minimum atomic E-state index is -0.0213. The van der Waals surface area contributed by atoms with Crippen LogP contribution in [0.25, 0.3) is 11.3 Å². The maximum absolute atomic E-state index is 12.3. The molecule has 0 saturated carbocycles. The summed E-state index contributed by atoms with van der Waals surface area (Å²) in [4.78, 5) is 19.4. The molecule has 0 aliphatic heterocycles. The zero-order valence-electron chi connectivity index (χ0n) is 18.7. The number of carbonyl (C=O) groups excluding carboxylic acids is 1. The van der Waals surface area contributed by atoms with Crippen molar-refractivity contribution in [1.29, 1.82) is 0 Å². The molecule has 0 bridgehead atoms. The number of hydrogen-bond acceptors (Lipinski definition) is 5. The number of rotatable bonds is 10. The van der Waals surface area contributed by atoms with Crippen LogP contribution in [0, 0.1) is 5.92 Å². The second-order valence-corrected chi connectivity index (χ2v) is 8.77. The van der Waals surface area contributed by atoms with E-state index in [-0.39, 0.29) is 5.91 Å². The Morgan fingerprint density at radius 1 is 1.16 bits per heavy atom. The standard InChI is InChI=1S/C25H31N3O2S/c1-5-14-28(16-19-10-12-20(13-11-19)24(29)26-15-18(2)3)25-27-22(17-31-25)21-8-6-7-9-23(21)30-4/h6-13,17-18H,5,14-16H2,1-4H3,(H,26,29). The first-order valence-electron chi connectivity index (χ1n) is 10.7. The smallest absolute Gasteiger partial charge is 0.251 e. The summed E-state index contributed by atoms with van der Waals surface area (Å²) < 4.78 is 5.49. The van der Waals surface area contributed by atoms with Crippen LogP contribution < -0.4 is 15.0 Å². The topological polar surface area (TPSA) is 54.5 Å². The third-order valence-corrected chi connectivity index (χ3v) is 5.80. The Balaban J connectivity index is 1.73. The molecular formula is C25H31N3O2S. The van der Waals surface area contributed by atoms with E-state index in [0.717, 1.165) is 47.2 Å². The van der Waals surface area contributed by atoms with Crippen LogP contribution in [0.2, 0.25) is 0 Å². The van der Waals surface area contributed by atoms with E-state index in [2.05, 4.69) is 36.4 Å². The summed E-state index contributed by atoms with van der Waals surface area (Å²) >= 11 is 1.64. The molecule has 5 nitrogen and oxygen atoms in total. The van der Waals surface area contributed by atoms with E-state index in [1.54, 1.807) is 18.4 Å². The highest BCUT2D eigenvalue weighted by Crippen LogP contribution is 2.33. The van der Waals surface area contributed by atoms with Crippen molar-refractivity contribution >= 4 is 22.4 Å². The number of methoxy groups -OCH3 is 1. The van der Waals surface area contributed by atoms with Crippen molar-refractivity contribution in [2.24, 2.45) is 5.92 Å². The Labute approximate surface area is 189 Å². The van der Waals surface area contributed by atoms with Gasteiger partial charge in [-0.05, 0) is 42.2 Å². The van der Waals surface area contributed by atoms with Gasteiger partial charge in [-0.2, -0.15) is 0 Å². The summed E-state index contributed by atoms with van der Waals surface area (Å²) in [5, 5.41) is 6.03. The minimum absolute atomic E-state index is 0.0213. The fraction of sp³-hybridized carbons (Fsp3) is 0.360. The van der Waals surface area contributed by atoms with Gasteiger partial charge in [-0.3, -0.25) is 4.79 Å². The number of anilines is 1. The molecule has 31 heavy (non-hydrogen) atoms. The van der Waals surface area contributed by atoms with Crippen molar-refractivity contribution in [1.82, 2.24) is 10.3 Å². The predicted molar refractivity (Wildman–Crippen MR) is 129 cm³/mol. The maximum Gasteiger partial charge on any atom is 0.251 e. The highest BCUT2D eigenvalue weighted by molar-refractivity contribution is 7.14. The lowest BCUT2D eigenvalue weighted by Gasteiger charge is -2.21. The Bertz CT molecular complexity index is 982. The van der Waals surface area contributed by atoms with Gasteiger partial charge in [-0.15, -0.1) is 11.3 Å². The third kappa shape index (κ3) is 6.07. The van der Waals surface area contributed by atoms with Crippen molar-refractivity contribution in [3.05, 3.63) is 65.0 Å². The predicted octanol–water partition coefficient (Wildman–Crippen LogP) is 5.62. The van der Waals surface area contributed by atoms with E-state index in [9.17, 15) is 4.79 Å². The number of hydrogen-bond donors (Lipinski definition) is 1. The Morgan fingerprint density at radius 2 is 1.90 bits per heavy atom. The number of nitrogens with one attached hydrogen (secondary N) is 1. The van der Waals surface area contributed by atoms with E-state index in [1.165, 1.54) is 0 Å². The second kappa shape index (κ2) is 11.0. The lowest BCUT2D eigenvalue weighted by molar-refractivity contribution is 0.0949. The van der Waals surface area contributed by atoms with Crippen LogP contribution in [0.3, 0.4) is 0 Å². The number of amides is 1. The van der Waals surface area contributed by atoms with Crippen molar-refractivity contribution in [2.75, 3.05) is 25.1 Å². The molecule has 2 aromatic carbocycles. The number of carbonyl (C=O) groups is 1. The molecule has 0 spiro atoms. The van der Waals surface area contributed by atoms with E-state index in [1.807, 2.05) is 48.5 Å². The molecule has 1 aromatic heterocycles. The minimum Gasteiger partial charge on any atom is -0.496 e. The average molecular weight is 438 g/mol. The largest absolute Gasteiger partial charge is 0.496 e. The summed E-state index contributed by atoms with van der Waals surface area (Å²) in [7, 11) is 1.68. The molecule has 0 saturated heterocycles. The van der Waals surface area contributed by atoms with Crippen molar-refractivity contribution in [3.8, 4) is 17.0 Å². The Morgan fingerprint density at radius 3 is 2.58 bits per heavy atom. The van der Waals surface area contributed by atoms with E-state index < -0.39 is 0 Å². The van der Waals surface area contributed by atoms with Gasteiger partial charge in [-0.1, -0.05) is 45.0 Å². The molecule has 1 heterocycles. The van der Waals surface area contributed by atoms with Gasteiger partial charge in [0, 0.05) is 36.1 Å². The van der Waals surface area contributed by atoms with Crippen LogP contribution in [0.5, 0.6) is 5.75 Å². The van der Waals surface area contributed by atoms with Crippen LogP contribution in [-0.2, 0) is 6.54 Å². The zero-order chi connectivity index (χ0) is 22.2. The van der Waals surface area contributed by atoms with Gasteiger partial charge in [0.25, 0.3) is 5.91 Å². The van der Waals surface area contributed by atoms with Crippen molar-refractivity contribution < 1.29 is 9.53 Å². The van der Waals surface area contributed by atoms with Gasteiger partial charge in [0.15, 0.2) is 5.13 Å². The Kier molecular flexibility index (Phi) is 8.06. The summed E-state index contributed by atoms with van der Waals surface area (Å²) in [6.45, 7) is 8.69. The van der Waals surface area contributed by atoms with Gasteiger partial charge < -0.3 is 15.0 Å². The van der Waals surface area contributed by atoms with Gasteiger partial charge in [0.2, 0.25) is 0 Å². The van der Waals surface area contributed by atoms with Crippen molar-refractivity contribution in [3.63, 3.8) is 0 Å². The molecular weight excluding hydrogens is 406 g/mol. The van der Waals surface area contributed by atoms with E-state index in [4.69, 9.17) is 9.72 Å². The fourth-order valence-corrected chi connectivity index (χ4v) is 4.14. The number of ether oxygens (including phenoxy) is 1. The fourth-order valence-electron chi connectivity index (χ4n) is 3.28. The zero-order valence-corrected chi connectivity index (χ0v) is 19.5. The van der Waals surface area contributed by atoms with Crippen molar-refractivity contribution in [2.45, 2.75) is 33.7 Å². The molecule has 6 heteroatoms. The summed E-state index contributed by atoms with van der Waals surface area (Å²) in [6.07, 6.45) is 1.03. The summed E-state index contributed by atoms with van der Waals surface area (Å²) in [5.41, 5.74) is 3.78. The van der Waals surface area contributed by atoms with Crippen LogP contribution in [-0.4, -0.2) is 31.1 Å². The molecule has 0 aliphatic rings. The monoisotopic (exact) mass is 437 g/mol. The molecule has 164 valence electrons. The summed E-state index contributed by atoms with van der Waals surface area (Å²) in [6, 6.07) is 15.8.